The lowest BCUT2D eigenvalue weighted by Crippen LogP contribution is -2.40. The van der Waals surface area contributed by atoms with Crippen LogP contribution in [0.4, 0.5) is 0 Å². The molecule has 2 heterocycles. The molecule has 4 nitrogen and oxygen atoms in total. The number of nitrogens with one attached hydrogen (secondary N) is 1. The summed E-state index contributed by atoms with van der Waals surface area (Å²) in [5.74, 6) is 0. The fourth-order valence-electron chi connectivity index (χ4n) is 3.10. The van der Waals surface area contributed by atoms with Gasteiger partial charge in [0.1, 0.15) is 4.90 Å². The van der Waals surface area contributed by atoms with Gasteiger partial charge < -0.3 is 0 Å². The number of hydrogen-bond acceptors (Lipinski definition) is 4. The summed E-state index contributed by atoms with van der Waals surface area (Å²) in [6.45, 7) is 2.28. The van der Waals surface area contributed by atoms with Crippen LogP contribution in [0.5, 0.6) is 0 Å². The van der Waals surface area contributed by atoms with Crippen molar-refractivity contribution in [3.8, 4) is 0 Å². The summed E-state index contributed by atoms with van der Waals surface area (Å²) >= 11 is 13.6. The fraction of sp³-hybridized carbons (Fsp3) is 0.412. The molecule has 1 saturated heterocycles. The molecule has 2 aromatic rings. The van der Waals surface area contributed by atoms with E-state index in [0.717, 1.165) is 31.5 Å². The van der Waals surface area contributed by atoms with Gasteiger partial charge >= 0.3 is 0 Å². The van der Waals surface area contributed by atoms with E-state index in [4.69, 9.17) is 23.2 Å². The Hall–Kier alpha value is -0.630. The maximum absolute atomic E-state index is 12.7. The second-order valence-electron chi connectivity index (χ2n) is 6.10. The minimum atomic E-state index is -3.73. The zero-order valence-corrected chi connectivity index (χ0v) is 16.8. The fourth-order valence-corrected chi connectivity index (χ4v) is 5.61. The van der Waals surface area contributed by atoms with Crippen LogP contribution >= 0.6 is 34.5 Å². The lowest BCUT2D eigenvalue weighted by Gasteiger charge is -2.34. The van der Waals surface area contributed by atoms with Gasteiger partial charge in [-0.15, -0.1) is 0 Å². The Morgan fingerprint density at radius 1 is 1.16 bits per heavy atom. The van der Waals surface area contributed by atoms with Crippen molar-refractivity contribution in [3.05, 3.63) is 50.6 Å². The van der Waals surface area contributed by atoms with Crippen molar-refractivity contribution in [2.75, 3.05) is 19.6 Å². The first-order valence-electron chi connectivity index (χ1n) is 8.18. The minimum Gasteiger partial charge on any atom is -0.295 e. The number of nitrogens with zero attached hydrogens (tertiary/aromatic N) is 1. The largest absolute Gasteiger partial charge is 0.295 e. The number of benzene rings is 1. The van der Waals surface area contributed by atoms with Crippen LogP contribution in [-0.4, -0.2) is 33.0 Å². The molecule has 0 aliphatic carbocycles. The van der Waals surface area contributed by atoms with Gasteiger partial charge in [-0.05, 0) is 66.5 Å². The molecule has 1 fully saturated rings. The summed E-state index contributed by atoms with van der Waals surface area (Å²) in [5, 5.41) is 4.62. The maximum atomic E-state index is 12.7. The number of hydrogen-bond donors (Lipinski definition) is 1. The highest BCUT2D eigenvalue weighted by molar-refractivity contribution is 7.89. The molecule has 3 rings (SSSR count). The summed E-state index contributed by atoms with van der Waals surface area (Å²) in [6, 6.07) is 6.54. The lowest BCUT2D eigenvalue weighted by atomic mass is 10.0. The summed E-state index contributed by atoms with van der Waals surface area (Å²) < 4.78 is 28.1. The highest BCUT2D eigenvalue weighted by atomic mass is 35.5. The summed E-state index contributed by atoms with van der Waals surface area (Å²) in [6.07, 6.45) is 3.53. The second kappa shape index (κ2) is 8.37. The van der Waals surface area contributed by atoms with Crippen LogP contribution in [0.1, 0.15) is 30.9 Å². The molecule has 136 valence electrons. The zero-order chi connectivity index (χ0) is 17.9. The van der Waals surface area contributed by atoms with E-state index in [1.165, 1.54) is 18.6 Å². The Bertz CT molecular complexity index is 804. The Morgan fingerprint density at radius 3 is 2.60 bits per heavy atom. The monoisotopic (exact) mass is 418 g/mol. The molecular weight excluding hydrogens is 399 g/mol. The number of rotatable bonds is 6. The third-order valence-electron chi connectivity index (χ3n) is 4.41. The highest BCUT2D eigenvalue weighted by Gasteiger charge is 2.26. The van der Waals surface area contributed by atoms with Gasteiger partial charge in [0.15, 0.2) is 0 Å². The van der Waals surface area contributed by atoms with Gasteiger partial charge in [0.25, 0.3) is 0 Å². The van der Waals surface area contributed by atoms with Gasteiger partial charge in [0, 0.05) is 17.6 Å². The van der Waals surface area contributed by atoms with Gasteiger partial charge in [0.05, 0.1) is 5.02 Å². The third kappa shape index (κ3) is 4.76. The highest BCUT2D eigenvalue weighted by Crippen LogP contribution is 2.28. The molecular formula is C17H20Cl2N2O2S2. The van der Waals surface area contributed by atoms with Crippen molar-refractivity contribution in [1.29, 1.82) is 0 Å². The number of likely N-dealkylation sites (tertiary alicyclic amines) is 1. The van der Waals surface area contributed by atoms with Crippen molar-refractivity contribution in [1.82, 2.24) is 9.62 Å². The van der Waals surface area contributed by atoms with Crippen molar-refractivity contribution in [2.24, 2.45) is 0 Å². The summed E-state index contributed by atoms with van der Waals surface area (Å²) in [7, 11) is -3.73. The van der Waals surface area contributed by atoms with E-state index in [-0.39, 0.29) is 16.0 Å². The van der Waals surface area contributed by atoms with Crippen molar-refractivity contribution >= 4 is 44.6 Å². The standard InChI is InChI=1S/C17H20Cl2N2O2S2/c18-14-4-5-15(19)17(10-14)25(22,23)20-11-16(13-6-9-24-12-13)21-7-2-1-3-8-21/h4-6,9-10,12,16,20H,1-3,7-8,11H2. The molecule has 0 spiro atoms. The van der Waals surface area contributed by atoms with Gasteiger partial charge in [0.2, 0.25) is 10.0 Å². The van der Waals surface area contributed by atoms with Crippen LogP contribution in [-0.2, 0) is 10.0 Å². The quantitative estimate of drug-likeness (QED) is 0.747. The molecule has 1 aromatic carbocycles. The predicted molar refractivity (Wildman–Crippen MR) is 104 cm³/mol. The third-order valence-corrected chi connectivity index (χ3v) is 7.25. The van der Waals surface area contributed by atoms with Crippen molar-refractivity contribution in [2.45, 2.75) is 30.2 Å². The van der Waals surface area contributed by atoms with Gasteiger partial charge in [-0.3, -0.25) is 4.90 Å². The van der Waals surface area contributed by atoms with Crippen LogP contribution in [0.3, 0.4) is 0 Å². The molecule has 0 radical (unpaired) electrons. The molecule has 0 saturated carbocycles. The molecule has 25 heavy (non-hydrogen) atoms. The van der Waals surface area contributed by atoms with Crippen molar-refractivity contribution < 1.29 is 8.42 Å². The van der Waals surface area contributed by atoms with Gasteiger partial charge in [-0.2, -0.15) is 11.3 Å². The van der Waals surface area contributed by atoms with Gasteiger partial charge in [-0.1, -0.05) is 29.6 Å². The van der Waals surface area contributed by atoms with Crippen LogP contribution in [0.15, 0.2) is 39.9 Å². The average molecular weight is 419 g/mol. The summed E-state index contributed by atoms with van der Waals surface area (Å²) in [4.78, 5) is 2.37. The lowest BCUT2D eigenvalue weighted by molar-refractivity contribution is 0.165. The molecule has 0 amide bonds. The smallest absolute Gasteiger partial charge is 0.242 e. The molecule has 1 aliphatic heterocycles. The zero-order valence-electron chi connectivity index (χ0n) is 13.6. The van der Waals surface area contributed by atoms with E-state index >= 15 is 0 Å². The molecule has 0 bridgehead atoms. The van der Waals surface area contributed by atoms with Crippen LogP contribution in [0, 0.1) is 0 Å². The molecule has 1 unspecified atom stereocenters. The van der Waals surface area contributed by atoms with Crippen LogP contribution in [0.2, 0.25) is 10.0 Å². The SMILES string of the molecule is O=S(=O)(NCC(c1ccsc1)N1CCCCC1)c1cc(Cl)ccc1Cl. The van der Waals surface area contributed by atoms with E-state index in [1.807, 2.05) is 5.38 Å². The van der Waals surface area contributed by atoms with E-state index in [2.05, 4.69) is 21.1 Å². The second-order valence-corrected chi connectivity index (χ2v) is 9.45. The van der Waals surface area contributed by atoms with E-state index in [0.29, 0.717) is 11.6 Å². The first-order valence-corrected chi connectivity index (χ1v) is 11.4. The molecule has 1 aromatic heterocycles. The van der Waals surface area contributed by atoms with E-state index in [9.17, 15) is 8.42 Å². The average Bonchev–Trinajstić information content (AvgIpc) is 3.12. The Balaban J connectivity index is 1.79. The normalized spacial score (nSPS) is 17.5. The van der Waals surface area contributed by atoms with Crippen molar-refractivity contribution in [3.63, 3.8) is 0 Å². The molecule has 1 N–H and O–H groups in total. The topological polar surface area (TPSA) is 49.4 Å². The Kier molecular flexibility index (Phi) is 6.41. The minimum absolute atomic E-state index is 0.0179. The number of piperidine rings is 1. The number of halogens is 2. The Morgan fingerprint density at radius 2 is 1.92 bits per heavy atom. The first-order chi connectivity index (χ1) is 12.0. The van der Waals surface area contributed by atoms with Gasteiger partial charge in [-0.25, -0.2) is 13.1 Å². The predicted octanol–water partition coefficient (Wildman–Crippen LogP) is 4.56. The molecule has 1 atom stereocenters. The number of sulfonamides is 1. The summed E-state index contributed by atoms with van der Waals surface area (Å²) in [5.41, 5.74) is 1.15. The number of thiophene rings is 1. The van der Waals surface area contributed by atoms with Crippen LogP contribution < -0.4 is 4.72 Å². The molecule has 8 heteroatoms. The maximum Gasteiger partial charge on any atom is 0.242 e. The first kappa shape index (κ1) is 19.1. The van der Waals surface area contributed by atoms with E-state index in [1.54, 1.807) is 17.4 Å². The van der Waals surface area contributed by atoms with E-state index < -0.39 is 10.0 Å². The van der Waals surface area contributed by atoms with Crippen LogP contribution in [0.25, 0.3) is 0 Å². The molecule has 1 aliphatic rings. The Labute approximate surface area is 162 Å².